The molecular formula is C8H12ClN3O2. The standard InChI is InChI=1S/C8H12ClN3O2/c1-6-4-7(10-8(14)5-9)11-12(6)2-3-13/h4,13H,2-3,5H2,1H3,(H,10,11,14). The van der Waals surface area contributed by atoms with Crippen molar-refractivity contribution < 1.29 is 9.90 Å². The summed E-state index contributed by atoms with van der Waals surface area (Å²) in [6.07, 6.45) is 0. The predicted molar refractivity (Wildman–Crippen MR) is 53.4 cm³/mol. The highest BCUT2D eigenvalue weighted by atomic mass is 35.5. The quantitative estimate of drug-likeness (QED) is 0.716. The maximum Gasteiger partial charge on any atom is 0.240 e. The lowest BCUT2D eigenvalue weighted by Gasteiger charge is -1.99. The van der Waals surface area contributed by atoms with E-state index in [1.54, 1.807) is 10.7 Å². The Hall–Kier alpha value is -1.07. The van der Waals surface area contributed by atoms with Crippen LogP contribution >= 0.6 is 11.6 Å². The first-order valence-corrected chi connectivity index (χ1v) is 4.72. The second-order valence-electron chi connectivity index (χ2n) is 2.80. The number of hydrogen-bond acceptors (Lipinski definition) is 3. The van der Waals surface area contributed by atoms with E-state index in [1.807, 2.05) is 6.92 Å². The monoisotopic (exact) mass is 217 g/mol. The maximum absolute atomic E-state index is 10.9. The van der Waals surface area contributed by atoms with E-state index in [9.17, 15) is 4.79 Å². The molecule has 0 unspecified atom stereocenters. The van der Waals surface area contributed by atoms with E-state index in [0.717, 1.165) is 5.69 Å². The van der Waals surface area contributed by atoms with Gasteiger partial charge in [-0.25, -0.2) is 0 Å². The molecule has 78 valence electrons. The minimum Gasteiger partial charge on any atom is -0.394 e. The number of carbonyl (C=O) groups is 1. The number of aliphatic hydroxyl groups is 1. The Kier molecular flexibility index (Phi) is 3.91. The topological polar surface area (TPSA) is 67.2 Å². The van der Waals surface area contributed by atoms with Crippen molar-refractivity contribution in [3.63, 3.8) is 0 Å². The number of carbonyl (C=O) groups excluding carboxylic acids is 1. The van der Waals surface area contributed by atoms with Crippen molar-refractivity contribution in [1.82, 2.24) is 9.78 Å². The number of aromatic nitrogens is 2. The van der Waals surface area contributed by atoms with Crippen LogP contribution in [0.4, 0.5) is 5.82 Å². The maximum atomic E-state index is 10.9. The van der Waals surface area contributed by atoms with Crippen molar-refractivity contribution in [3.05, 3.63) is 11.8 Å². The molecule has 1 aromatic rings. The van der Waals surface area contributed by atoms with Crippen LogP contribution in [0.15, 0.2) is 6.07 Å². The minimum atomic E-state index is -0.291. The summed E-state index contributed by atoms with van der Waals surface area (Å²) >= 11 is 5.32. The van der Waals surface area contributed by atoms with Crippen molar-refractivity contribution in [1.29, 1.82) is 0 Å². The Morgan fingerprint density at radius 1 is 1.79 bits per heavy atom. The van der Waals surface area contributed by atoms with Crippen LogP contribution in [-0.2, 0) is 11.3 Å². The van der Waals surface area contributed by atoms with E-state index >= 15 is 0 Å². The Balaban J connectivity index is 2.70. The Morgan fingerprint density at radius 3 is 3.07 bits per heavy atom. The van der Waals surface area contributed by atoms with E-state index in [4.69, 9.17) is 16.7 Å². The average Bonchev–Trinajstić information content (AvgIpc) is 2.47. The van der Waals surface area contributed by atoms with Crippen LogP contribution < -0.4 is 5.32 Å². The molecule has 0 aliphatic rings. The molecule has 2 N–H and O–H groups in total. The number of rotatable bonds is 4. The van der Waals surface area contributed by atoms with Gasteiger partial charge in [0.15, 0.2) is 5.82 Å². The molecule has 0 aliphatic heterocycles. The molecule has 0 atom stereocenters. The smallest absolute Gasteiger partial charge is 0.240 e. The zero-order valence-electron chi connectivity index (χ0n) is 7.83. The molecule has 0 aromatic carbocycles. The molecular weight excluding hydrogens is 206 g/mol. The van der Waals surface area contributed by atoms with Crippen molar-refractivity contribution >= 4 is 23.3 Å². The molecule has 1 amide bonds. The van der Waals surface area contributed by atoms with Gasteiger partial charge in [0.05, 0.1) is 13.2 Å². The van der Waals surface area contributed by atoms with Gasteiger partial charge in [0.25, 0.3) is 0 Å². The van der Waals surface area contributed by atoms with Crippen LogP contribution in [0.2, 0.25) is 0 Å². The number of anilines is 1. The number of nitrogens with zero attached hydrogens (tertiary/aromatic N) is 2. The fourth-order valence-electron chi connectivity index (χ4n) is 1.07. The van der Waals surface area contributed by atoms with Crippen LogP contribution in [0, 0.1) is 6.92 Å². The second-order valence-corrected chi connectivity index (χ2v) is 3.07. The number of aryl methyl sites for hydroxylation is 1. The third-order valence-corrected chi connectivity index (χ3v) is 1.92. The van der Waals surface area contributed by atoms with Crippen molar-refractivity contribution in [2.75, 3.05) is 17.8 Å². The van der Waals surface area contributed by atoms with Gasteiger partial charge < -0.3 is 10.4 Å². The minimum absolute atomic E-state index is 0.0193. The normalized spacial score (nSPS) is 10.2. The molecule has 0 aliphatic carbocycles. The lowest BCUT2D eigenvalue weighted by atomic mass is 10.4. The zero-order valence-corrected chi connectivity index (χ0v) is 8.58. The number of aliphatic hydroxyl groups excluding tert-OH is 1. The lowest BCUT2D eigenvalue weighted by Crippen LogP contribution is -2.13. The molecule has 1 rings (SSSR count). The van der Waals surface area contributed by atoms with E-state index in [-0.39, 0.29) is 18.4 Å². The first-order valence-electron chi connectivity index (χ1n) is 4.18. The number of alkyl halides is 1. The summed E-state index contributed by atoms with van der Waals surface area (Å²) in [4.78, 5) is 10.9. The molecule has 14 heavy (non-hydrogen) atoms. The van der Waals surface area contributed by atoms with Gasteiger partial charge in [0.2, 0.25) is 5.91 Å². The number of nitrogens with one attached hydrogen (secondary N) is 1. The van der Waals surface area contributed by atoms with Gasteiger partial charge in [0, 0.05) is 11.8 Å². The molecule has 5 nitrogen and oxygen atoms in total. The largest absolute Gasteiger partial charge is 0.394 e. The number of halogens is 1. The van der Waals surface area contributed by atoms with Crippen molar-refractivity contribution in [3.8, 4) is 0 Å². The van der Waals surface area contributed by atoms with E-state index in [1.165, 1.54) is 0 Å². The highest BCUT2D eigenvalue weighted by molar-refractivity contribution is 6.28. The summed E-state index contributed by atoms with van der Waals surface area (Å²) in [5, 5.41) is 15.3. The Morgan fingerprint density at radius 2 is 2.50 bits per heavy atom. The van der Waals surface area contributed by atoms with Crippen molar-refractivity contribution in [2.45, 2.75) is 13.5 Å². The van der Waals surface area contributed by atoms with Crippen LogP contribution in [-0.4, -0.2) is 33.3 Å². The fraction of sp³-hybridized carbons (Fsp3) is 0.500. The van der Waals surface area contributed by atoms with Gasteiger partial charge in [-0.2, -0.15) is 5.10 Å². The molecule has 0 fully saturated rings. The molecule has 1 aromatic heterocycles. The SMILES string of the molecule is Cc1cc(NC(=O)CCl)nn1CCO. The van der Waals surface area contributed by atoms with Gasteiger partial charge in [0.1, 0.15) is 5.88 Å². The van der Waals surface area contributed by atoms with Gasteiger partial charge in [-0.1, -0.05) is 0 Å². The average molecular weight is 218 g/mol. The third kappa shape index (κ3) is 2.71. The van der Waals surface area contributed by atoms with Crippen LogP contribution in [0.3, 0.4) is 0 Å². The number of amides is 1. The third-order valence-electron chi connectivity index (χ3n) is 1.68. The zero-order chi connectivity index (χ0) is 10.6. The summed E-state index contributed by atoms with van der Waals surface area (Å²) in [6, 6.07) is 1.72. The summed E-state index contributed by atoms with van der Waals surface area (Å²) in [7, 11) is 0. The molecule has 0 radical (unpaired) electrons. The molecule has 1 heterocycles. The number of hydrogen-bond donors (Lipinski definition) is 2. The second kappa shape index (κ2) is 4.97. The van der Waals surface area contributed by atoms with Gasteiger partial charge in [-0.05, 0) is 6.92 Å². The lowest BCUT2D eigenvalue weighted by molar-refractivity contribution is -0.113. The van der Waals surface area contributed by atoms with Crippen LogP contribution in [0.1, 0.15) is 5.69 Å². The molecule has 0 spiro atoms. The molecule has 0 saturated heterocycles. The predicted octanol–water partition coefficient (Wildman–Crippen LogP) is 0.361. The molecule has 0 bridgehead atoms. The van der Waals surface area contributed by atoms with Crippen LogP contribution in [0.5, 0.6) is 0 Å². The summed E-state index contributed by atoms with van der Waals surface area (Å²) in [5.74, 6) is 0.0771. The first kappa shape index (κ1) is 11.0. The summed E-state index contributed by atoms with van der Waals surface area (Å²) in [6.45, 7) is 2.28. The highest BCUT2D eigenvalue weighted by Crippen LogP contribution is 2.08. The Bertz CT molecular complexity index is 324. The van der Waals surface area contributed by atoms with E-state index < -0.39 is 0 Å². The molecule has 6 heteroatoms. The van der Waals surface area contributed by atoms with Gasteiger partial charge in [-0.15, -0.1) is 11.6 Å². The van der Waals surface area contributed by atoms with E-state index in [2.05, 4.69) is 10.4 Å². The summed E-state index contributed by atoms with van der Waals surface area (Å²) < 4.78 is 1.61. The fourth-order valence-corrected chi connectivity index (χ4v) is 1.14. The first-order chi connectivity index (χ1) is 6.67. The van der Waals surface area contributed by atoms with Gasteiger partial charge in [-0.3, -0.25) is 9.48 Å². The van der Waals surface area contributed by atoms with Crippen LogP contribution in [0.25, 0.3) is 0 Å². The molecule has 0 saturated carbocycles. The highest BCUT2D eigenvalue weighted by Gasteiger charge is 2.06. The van der Waals surface area contributed by atoms with E-state index in [0.29, 0.717) is 12.4 Å². The Labute approximate surface area is 86.7 Å². The van der Waals surface area contributed by atoms with Gasteiger partial charge >= 0.3 is 0 Å². The summed E-state index contributed by atoms with van der Waals surface area (Å²) in [5.41, 5.74) is 0.879. The van der Waals surface area contributed by atoms with Crippen molar-refractivity contribution in [2.24, 2.45) is 0 Å².